The Hall–Kier alpha value is -1.48. The van der Waals surface area contributed by atoms with E-state index in [2.05, 4.69) is 30.4 Å². The van der Waals surface area contributed by atoms with Gasteiger partial charge in [-0.15, -0.1) is 11.3 Å². The van der Waals surface area contributed by atoms with Crippen molar-refractivity contribution in [1.29, 1.82) is 0 Å². The Labute approximate surface area is 119 Å². The summed E-state index contributed by atoms with van der Waals surface area (Å²) < 4.78 is 5.80. The molecule has 0 amide bonds. The van der Waals surface area contributed by atoms with Crippen LogP contribution in [0.1, 0.15) is 30.5 Å². The molecule has 0 aliphatic rings. The number of aryl methyl sites for hydroxylation is 1. The molecule has 102 valence electrons. The molecule has 1 aromatic carbocycles. The van der Waals surface area contributed by atoms with Gasteiger partial charge in [0.25, 0.3) is 0 Å². The van der Waals surface area contributed by atoms with Crippen molar-refractivity contribution in [2.45, 2.75) is 39.8 Å². The Bertz CT molecular complexity index is 519. The zero-order valence-corrected chi connectivity index (χ0v) is 12.6. The second-order valence-electron chi connectivity index (χ2n) is 4.74. The first-order valence-corrected chi connectivity index (χ1v) is 7.58. The minimum atomic E-state index is 0.191. The molecule has 0 spiro atoms. The van der Waals surface area contributed by atoms with Gasteiger partial charge < -0.3 is 10.1 Å². The van der Waals surface area contributed by atoms with Gasteiger partial charge in [0.1, 0.15) is 5.75 Å². The highest BCUT2D eigenvalue weighted by Gasteiger charge is 2.05. The van der Waals surface area contributed by atoms with Gasteiger partial charge in [-0.2, -0.15) is 0 Å². The van der Waals surface area contributed by atoms with Crippen LogP contribution in [0.15, 0.2) is 36.4 Å². The lowest BCUT2D eigenvalue weighted by atomic mass is 10.3. The van der Waals surface area contributed by atoms with Crippen LogP contribution in [0.4, 0.5) is 5.69 Å². The molecule has 0 unspecified atom stereocenters. The van der Waals surface area contributed by atoms with E-state index in [1.54, 1.807) is 0 Å². The third-order valence-electron chi connectivity index (χ3n) is 2.77. The maximum Gasteiger partial charge on any atom is 0.142 e. The molecule has 0 saturated carbocycles. The van der Waals surface area contributed by atoms with Crippen LogP contribution in [0.2, 0.25) is 0 Å². The maximum absolute atomic E-state index is 5.80. The van der Waals surface area contributed by atoms with Crippen LogP contribution < -0.4 is 10.1 Å². The molecular formula is C16H21NOS. The largest absolute Gasteiger partial charge is 0.489 e. The van der Waals surface area contributed by atoms with Gasteiger partial charge in [0.05, 0.1) is 11.8 Å². The molecule has 2 aromatic rings. The van der Waals surface area contributed by atoms with Crippen LogP contribution in [0, 0.1) is 0 Å². The van der Waals surface area contributed by atoms with Gasteiger partial charge in [0.15, 0.2) is 0 Å². The molecule has 1 heterocycles. The molecule has 0 bridgehead atoms. The Kier molecular flexibility index (Phi) is 4.86. The molecule has 1 aromatic heterocycles. The van der Waals surface area contributed by atoms with E-state index < -0.39 is 0 Å². The molecule has 3 heteroatoms. The van der Waals surface area contributed by atoms with Gasteiger partial charge in [0.2, 0.25) is 0 Å². The monoisotopic (exact) mass is 275 g/mol. The average molecular weight is 275 g/mol. The number of anilines is 1. The summed E-state index contributed by atoms with van der Waals surface area (Å²) in [5, 5.41) is 3.46. The van der Waals surface area contributed by atoms with Gasteiger partial charge in [-0.25, -0.2) is 0 Å². The SMILES string of the molecule is CCc1ccc(CNc2ccccc2OC(C)C)s1. The van der Waals surface area contributed by atoms with Gasteiger partial charge in [-0.3, -0.25) is 0 Å². The smallest absolute Gasteiger partial charge is 0.142 e. The summed E-state index contributed by atoms with van der Waals surface area (Å²) in [7, 11) is 0. The molecule has 0 aliphatic carbocycles. The fourth-order valence-electron chi connectivity index (χ4n) is 1.86. The summed E-state index contributed by atoms with van der Waals surface area (Å²) in [5.74, 6) is 0.921. The van der Waals surface area contributed by atoms with Gasteiger partial charge in [-0.1, -0.05) is 19.1 Å². The highest BCUT2D eigenvalue weighted by atomic mass is 32.1. The quantitative estimate of drug-likeness (QED) is 0.824. The summed E-state index contributed by atoms with van der Waals surface area (Å²) in [4.78, 5) is 2.79. The highest BCUT2D eigenvalue weighted by Crippen LogP contribution is 2.26. The minimum Gasteiger partial charge on any atom is -0.489 e. The molecule has 2 rings (SSSR count). The number of nitrogens with one attached hydrogen (secondary N) is 1. The molecule has 0 atom stereocenters. The van der Waals surface area contributed by atoms with Crippen molar-refractivity contribution in [3.63, 3.8) is 0 Å². The molecule has 0 radical (unpaired) electrons. The van der Waals surface area contributed by atoms with Crippen LogP contribution in [0.3, 0.4) is 0 Å². The zero-order valence-electron chi connectivity index (χ0n) is 11.8. The third kappa shape index (κ3) is 4.00. The van der Waals surface area contributed by atoms with Crippen molar-refractivity contribution in [3.05, 3.63) is 46.2 Å². The number of hydrogen-bond acceptors (Lipinski definition) is 3. The number of para-hydroxylation sites is 2. The summed E-state index contributed by atoms with van der Waals surface area (Å²) in [6.07, 6.45) is 1.30. The Morgan fingerprint density at radius 2 is 1.84 bits per heavy atom. The van der Waals surface area contributed by atoms with Crippen LogP contribution >= 0.6 is 11.3 Å². The lowest BCUT2D eigenvalue weighted by Gasteiger charge is -2.15. The van der Waals surface area contributed by atoms with Gasteiger partial charge in [0, 0.05) is 16.3 Å². The van der Waals surface area contributed by atoms with E-state index in [0.29, 0.717) is 0 Å². The second-order valence-corrected chi connectivity index (χ2v) is 5.99. The van der Waals surface area contributed by atoms with Crippen molar-refractivity contribution >= 4 is 17.0 Å². The maximum atomic E-state index is 5.80. The summed E-state index contributed by atoms with van der Waals surface area (Å²) in [6, 6.07) is 12.5. The number of ether oxygens (including phenoxy) is 1. The summed E-state index contributed by atoms with van der Waals surface area (Å²) in [6.45, 7) is 7.13. The molecule has 2 nitrogen and oxygen atoms in total. The topological polar surface area (TPSA) is 21.3 Å². The van der Waals surface area contributed by atoms with E-state index >= 15 is 0 Å². The molecule has 19 heavy (non-hydrogen) atoms. The van der Waals surface area contributed by atoms with Crippen LogP contribution in [-0.4, -0.2) is 6.10 Å². The number of hydrogen-bond donors (Lipinski definition) is 1. The second kappa shape index (κ2) is 6.62. The first-order valence-electron chi connectivity index (χ1n) is 6.76. The van der Waals surface area contributed by atoms with E-state index in [1.807, 2.05) is 43.4 Å². The van der Waals surface area contributed by atoms with Gasteiger partial charge in [-0.05, 0) is 44.5 Å². The average Bonchev–Trinajstić information content (AvgIpc) is 2.85. The van der Waals surface area contributed by atoms with Crippen LogP contribution in [-0.2, 0) is 13.0 Å². The first-order chi connectivity index (χ1) is 9.19. The molecule has 0 fully saturated rings. The zero-order chi connectivity index (χ0) is 13.7. The predicted molar refractivity (Wildman–Crippen MR) is 83.2 cm³/mol. The van der Waals surface area contributed by atoms with E-state index in [-0.39, 0.29) is 6.10 Å². The van der Waals surface area contributed by atoms with Gasteiger partial charge >= 0.3 is 0 Å². The van der Waals surface area contributed by atoms with E-state index in [1.165, 1.54) is 9.75 Å². The fraction of sp³-hybridized carbons (Fsp3) is 0.375. The van der Waals surface area contributed by atoms with E-state index in [9.17, 15) is 0 Å². The Morgan fingerprint density at radius 1 is 1.11 bits per heavy atom. The lowest BCUT2D eigenvalue weighted by molar-refractivity contribution is 0.243. The fourth-order valence-corrected chi connectivity index (χ4v) is 2.76. The number of benzene rings is 1. The Morgan fingerprint density at radius 3 is 2.53 bits per heavy atom. The minimum absolute atomic E-state index is 0.191. The van der Waals surface area contributed by atoms with Crippen molar-refractivity contribution in [3.8, 4) is 5.75 Å². The number of thiophene rings is 1. The normalized spacial score (nSPS) is 10.7. The molecule has 0 aliphatic heterocycles. The highest BCUT2D eigenvalue weighted by molar-refractivity contribution is 7.12. The van der Waals surface area contributed by atoms with E-state index in [4.69, 9.17) is 4.74 Å². The lowest BCUT2D eigenvalue weighted by Crippen LogP contribution is -2.08. The predicted octanol–water partition coefficient (Wildman–Crippen LogP) is 4.71. The summed E-state index contributed by atoms with van der Waals surface area (Å²) in [5.41, 5.74) is 1.06. The van der Waals surface area contributed by atoms with E-state index in [0.717, 1.165) is 24.4 Å². The van der Waals surface area contributed by atoms with Crippen molar-refractivity contribution in [2.24, 2.45) is 0 Å². The van der Waals surface area contributed by atoms with Crippen LogP contribution in [0.25, 0.3) is 0 Å². The van der Waals surface area contributed by atoms with Crippen LogP contribution in [0.5, 0.6) is 5.75 Å². The number of rotatable bonds is 6. The van der Waals surface area contributed by atoms with Crippen molar-refractivity contribution in [2.75, 3.05) is 5.32 Å². The first kappa shape index (κ1) is 13.9. The third-order valence-corrected chi connectivity index (χ3v) is 4.00. The molecule has 0 saturated heterocycles. The van der Waals surface area contributed by atoms with Crippen molar-refractivity contribution in [1.82, 2.24) is 0 Å². The Balaban J connectivity index is 2.02. The van der Waals surface area contributed by atoms with Crippen molar-refractivity contribution < 1.29 is 4.74 Å². The summed E-state index contributed by atoms with van der Waals surface area (Å²) >= 11 is 1.87. The molecular weight excluding hydrogens is 254 g/mol. The standard InChI is InChI=1S/C16H21NOS/c1-4-13-9-10-14(19-13)11-17-15-7-5-6-8-16(15)18-12(2)3/h5-10,12,17H,4,11H2,1-3H3. The molecule has 1 N–H and O–H groups in total.